The second-order valence-electron chi connectivity index (χ2n) is 18.6. The zero-order valence-electron chi connectivity index (χ0n) is 39.3. The Morgan fingerprint density at radius 3 is 1.28 bits per heavy atom. The van der Waals surface area contributed by atoms with Gasteiger partial charge in [-0.15, -0.1) is 0 Å². The van der Waals surface area contributed by atoms with Gasteiger partial charge in [0.15, 0.2) is 0 Å². The van der Waals surface area contributed by atoms with Crippen LogP contribution in [0, 0.1) is 0 Å². The van der Waals surface area contributed by atoms with Crippen LogP contribution in [-0.2, 0) is 18.4 Å². The predicted octanol–water partition coefficient (Wildman–Crippen LogP) is 14.3. The number of hydrogen-bond acceptors (Lipinski definition) is 5. The molecule has 0 heterocycles. The highest BCUT2D eigenvalue weighted by Crippen LogP contribution is 2.43. The minimum absolute atomic E-state index is 0.0634. The number of hydrogen-bond donors (Lipinski definition) is 3. The summed E-state index contributed by atoms with van der Waals surface area (Å²) in [4.78, 5) is 22.9. The fraction of sp³-hybridized carbons (Fsp3) is 0.939. The van der Waals surface area contributed by atoms with Crippen LogP contribution in [0.1, 0.15) is 245 Å². The van der Waals surface area contributed by atoms with E-state index >= 15 is 0 Å². The van der Waals surface area contributed by atoms with E-state index in [2.05, 4.69) is 19.2 Å². The number of nitrogens with zero attached hydrogens (tertiary/aromatic N) is 1. The molecule has 0 saturated carbocycles. The van der Waals surface area contributed by atoms with E-state index in [1.165, 1.54) is 180 Å². The molecule has 8 nitrogen and oxygen atoms in total. The van der Waals surface area contributed by atoms with Crippen LogP contribution in [0.4, 0.5) is 0 Å². The zero-order valence-corrected chi connectivity index (χ0v) is 40.2. The molecule has 0 bridgehead atoms. The molecule has 0 aromatic rings. The summed E-state index contributed by atoms with van der Waals surface area (Å²) in [5.74, 6) is -0.179. The Labute approximate surface area is 361 Å². The third kappa shape index (κ3) is 43.3. The van der Waals surface area contributed by atoms with Gasteiger partial charge in [0.25, 0.3) is 0 Å². The van der Waals surface area contributed by atoms with Gasteiger partial charge in [0.2, 0.25) is 5.91 Å². The standard InChI is InChI=1S/C49H99N2O6P/c1-6-8-10-12-13-14-15-16-17-18-19-20-21-22-23-24-25-26-27-28-29-30-31-32-33-34-35-36-37-39-41-43-49(53)50-47(48(52)42-40-38-11-9-7-2)46-57-58(54,55)56-45-44-51(3,4)5/h40,42,47-48,52H,6-39,41,43-46H2,1-5H3,(H-,50,53,54,55)/p+1/b42-40+. The molecule has 0 fully saturated rings. The Hall–Kier alpha value is -0.760. The summed E-state index contributed by atoms with van der Waals surface area (Å²) in [5.41, 5.74) is 0. The lowest BCUT2D eigenvalue weighted by molar-refractivity contribution is -0.870. The van der Waals surface area contributed by atoms with Crippen molar-refractivity contribution >= 4 is 13.7 Å². The molecule has 0 spiro atoms. The van der Waals surface area contributed by atoms with Gasteiger partial charge < -0.3 is 19.8 Å². The van der Waals surface area contributed by atoms with Gasteiger partial charge >= 0.3 is 7.82 Å². The average Bonchev–Trinajstić information content (AvgIpc) is 3.17. The van der Waals surface area contributed by atoms with Crippen LogP contribution in [0.15, 0.2) is 12.2 Å². The number of allylic oxidation sites excluding steroid dienone is 1. The Balaban J connectivity index is 3.78. The molecular weight excluding hydrogens is 744 g/mol. The molecule has 3 N–H and O–H groups in total. The second-order valence-corrected chi connectivity index (χ2v) is 20.0. The van der Waals surface area contributed by atoms with Crippen LogP contribution < -0.4 is 5.32 Å². The first-order chi connectivity index (χ1) is 28.0. The number of aliphatic hydroxyl groups excluding tert-OH is 1. The number of carbonyl (C=O) groups is 1. The summed E-state index contributed by atoms with van der Waals surface area (Å²) in [6.07, 6.45) is 49.4. The SMILES string of the molecule is CCCCC/C=C/C(O)C(COP(=O)(O)OCC[N+](C)(C)C)NC(=O)CCCCCCCCCCCCCCCCCCCCCCCCCCCCCCCCC. The number of quaternary nitrogens is 1. The maximum absolute atomic E-state index is 12.8. The number of rotatable bonds is 46. The fourth-order valence-corrected chi connectivity index (χ4v) is 8.25. The van der Waals surface area contributed by atoms with Crippen LogP contribution in [0.5, 0.6) is 0 Å². The molecule has 9 heteroatoms. The maximum atomic E-state index is 12.8. The lowest BCUT2D eigenvalue weighted by Crippen LogP contribution is -2.45. The molecule has 0 aliphatic rings. The van der Waals surface area contributed by atoms with Gasteiger partial charge in [-0.1, -0.05) is 231 Å². The summed E-state index contributed by atoms with van der Waals surface area (Å²) in [7, 11) is 1.58. The highest BCUT2D eigenvalue weighted by Gasteiger charge is 2.27. The van der Waals surface area contributed by atoms with E-state index in [1.807, 2.05) is 27.2 Å². The van der Waals surface area contributed by atoms with E-state index in [0.29, 0.717) is 17.4 Å². The summed E-state index contributed by atoms with van der Waals surface area (Å²) >= 11 is 0. The van der Waals surface area contributed by atoms with Gasteiger partial charge in [-0.3, -0.25) is 13.8 Å². The summed E-state index contributed by atoms with van der Waals surface area (Å²) in [5, 5.41) is 13.6. The molecule has 0 radical (unpaired) electrons. The van der Waals surface area contributed by atoms with Crippen molar-refractivity contribution in [1.82, 2.24) is 5.32 Å². The third-order valence-corrected chi connectivity index (χ3v) is 12.5. The second kappa shape index (κ2) is 41.6. The van der Waals surface area contributed by atoms with Crippen molar-refractivity contribution in [2.45, 2.75) is 257 Å². The quantitative estimate of drug-likeness (QED) is 0.0244. The van der Waals surface area contributed by atoms with Crippen molar-refractivity contribution in [1.29, 1.82) is 0 Å². The van der Waals surface area contributed by atoms with Gasteiger partial charge in [-0.05, 0) is 19.3 Å². The predicted molar refractivity (Wildman–Crippen MR) is 249 cm³/mol. The number of phosphoric ester groups is 1. The smallest absolute Gasteiger partial charge is 0.387 e. The van der Waals surface area contributed by atoms with Gasteiger partial charge in [-0.25, -0.2) is 4.57 Å². The van der Waals surface area contributed by atoms with Crippen molar-refractivity contribution in [3.8, 4) is 0 Å². The van der Waals surface area contributed by atoms with E-state index < -0.39 is 20.0 Å². The molecule has 0 saturated heterocycles. The van der Waals surface area contributed by atoms with Crippen molar-refractivity contribution in [3.63, 3.8) is 0 Å². The zero-order chi connectivity index (χ0) is 42.8. The largest absolute Gasteiger partial charge is 0.472 e. The van der Waals surface area contributed by atoms with Crippen LogP contribution in [0.25, 0.3) is 0 Å². The normalized spacial score (nSPS) is 14.3. The van der Waals surface area contributed by atoms with Crippen LogP contribution in [-0.4, -0.2) is 73.4 Å². The third-order valence-electron chi connectivity index (χ3n) is 11.5. The monoisotopic (exact) mass is 844 g/mol. The number of nitrogens with one attached hydrogen (secondary N) is 1. The van der Waals surface area contributed by atoms with E-state index in [-0.39, 0.29) is 19.1 Å². The molecule has 0 rings (SSSR count). The molecule has 1 amide bonds. The summed E-state index contributed by atoms with van der Waals surface area (Å²) in [6.45, 7) is 4.73. The highest BCUT2D eigenvalue weighted by atomic mass is 31.2. The molecule has 58 heavy (non-hydrogen) atoms. The van der Waals surface area contributed by atoms with Crippen molar-refractivity contribution in [2.75, 3.05) is 40.9 Å². The number of aliphatic hydroxyl groups is 1. The maximum Gasteiger partial charge on any atom is 0.472 e. The topological polar surface area (TPSA) is 105 Å². The van der Waals surface area contributed by atoms with Crippen molar-refractivity contribution in [2.24, 2.45) is 0 Å². The first-order valence-corrected chi connectivity index (χ1v) is 26.6. The van der Waals surface area contributed by atoms with Crippen molar-refractivity contribution < 1.29 is 32.9 Å². The lowest BCUT2D eigenvalue weighted by Gasteiger charge is -2.25. The number of unbranched alkanes of at least 4 members (excludes halogenated alkanes) is 33. The van der Waals surface area contributed by atoms with E-state index in [9.17, 15) is 19.4 Å². The van der Waals surface area contributed by atoms with Crippen molar-refractivity contribution in [3.05, 3.63) is 12.2 Å². The van der Waals surface area contributed by atoms with E-state index in [1.54, 1.807) is 6.08 Å². The first-order valence-electron chi connectivity index (χ1n) is 25.1. The van der Waals surface area contributed by atoms with Gasteiger partial charge in [0.05, 0.1) is 39.9 Å². The number of likely N-dealkylation sites (N-methyl/N-ethyl adjacent to an activating group) is 1. The number of phosphoric acid groups is 1. The van der Waals surface area contributed by atoms with Crippen LogP contribution in [0.2, 0.25) is 0 Å². The molecule has 0 aromatic carbocycles. The molecule has 0 aromatic heterocycles. The highest BCUT2D eigenvalue weighted by molar-refractivity contribution is 7.47. The lowest BCUT2D eigenvalue weighted by atomic mass is 10.0. The molecule has 0 aliphatic carbocycles. The van der Waals surface area contributed by atoms with Gasteiger partial charge in [-0.2, -0.15) is 0 Å². The Morgan fingerprint density at radius 2 is 0.914 bits per heavy atom. The summed E-state index contributed by atoms with van der Waals surface area (Å²) < 4.78 is 23.4. The molecular formula is C49H100N2O6P+. The number of carbonyl (C=O) groups excluding carboxylic acids is 1. The van der Waals surface area contributed by atoms with Crippen LogP contribution in [0.3, 0.4) is 0 Å². The van der Waals surface area contributed by atoms with Gasteiger partial charge in [0.1, 0.15) is 13.2 Å². The minimum atomic E-state index is -4.32. The number of amides is 1. The fourth-order valence-electron chi connectivity index (χ4n) is 7.51. The molecule has 3 unspecified atom stereocenters. The van der Waals surface area contributed by atoms with E-state index in [0.717, 1.165) is 44.9 Å². The Bertz CT molecular complexity index is 958. The minimum Gasteiger partial charge on any atom is -0.387 e. The van der Waals surface area contributed by atoms with Crippen LogP contribution >= 0.6 is 7.82 Å². The Kier molecular flexibility index (Phi) is 41.0. The van der Waals surface area contributed by atoms with E-state index in [4.69, 9.17) is 9.05 Å². The average molecular weight is 844 g/mol. The molecule has 3 atom stereocenters. The van der Waals surface area contributed by atoms with Gasteiger partial charge in [0, 0.05) is 6.42 Å². The molecule has 0 aliphatic heterocycles. The summed E-state index contributed by atoms with van der Waals surface area (Å²) in [6, 6.07) is -0.837. The molecule has 346 valence electrons. The Morgan fingerprint density at radius 1 is 0.569 bits per heavy atom. The first kappa shape index (κ1) is 57.2.